The molecule has 2 amide bonds. The van der Waals surface area contributed by atoms with Gasteiger partial charge in [0.2, 0.25) is 0 Å². The topological polar surface area (TPSA) is 61.7 Å². The molecule has 4 heterocycles. The number of likely N-dealkylation sites (tertiary alicyclic amines) is 1. The number of carbonyl (C=O) groups is 2. The Kier molecular flexibility index (Phi) is 5.62. The molecule has 0 atom stereocenters. The quantitative estimate of drug-likeness (QED) is 0.443. The average molecular weight is 486 g/mol. The largest absolute Gasteiger partial charge is 0.335 e. The number of aryl methyl sites for hydroxylation is 1. The lowest BCUT2D eigenvalue weighted by molar-refractivity contribution is 0.00845. The minimum Gasteiger partial charge on any atom is -0.335 e. The van der Waals surface area contributed by atoms with Crippen molar-refractivity contribution in [2.24, 2.45) is 0 Å². The summed E-state index contributed by atoms with van der Waals surface area (Å²) in [5.74, 6) is 0.107. The van der Waals surface area contributed by atoms with Crippen molar-refractivity contribution in [1.29, 1.82) is 0 Å². The summed E-state index contributed by atoms with van der Waals surface area (Å²) in [6.45, 7) is 6.64. The van der Waals surface area contributed by atoms with Gasteiger partial charge in [-0.1, -0.05) is 18.2 Å². The lowest BCUT2D eigenvalue weighted by Crippen LogP contribution is -2.64. The summed E-state index contributed by atoms with van der Waals surface area (Å²) in [6.07, 6.45) is 2.13. The third kappa shape index (κ3) is 4.02. The Hall–Kier alpha value is -3.49. The molecule has 8 heteroatoms. The molecule has 2 saturated heterocycles. The van der Waals surface area contributed by atoms with Gasteiger partial charge in [-0.25, -0.2) is 4.98 Å². The van der Waals surface area contributed by atoms with E-state index in [2.05, 4.69) is 45.8 Å². The molecule has 2 aromatic carbocycles. The van der Waals surface area contributed by atoms with Crippen molar-refractivity contribution in [3.63, 3.8) is 0 Å². The van der Waals surface area contributed by atoms with Crippen molar-refractivity contribution in [3.05, 3.63) is 82.4 Å². The zero-order valence-corrected chi connectivity index (χ0v) is 20.4. The number of aromatic nitrogens is 2. The second-order valence-electron chi connectivity index (χ2n) is 9.32. The summed E-state index contributed by atoms with van der Waals surface area (Å²) < 4.78 is 2.18. The molecule has 6 rings (SSSR count). The highest BCUT2D eigenvalue weighted by molar-refractivity contribution is 7.07. The first-order valence-corrected chi connectivity index (χ1v) is 12.9. The molecule has 0 saturated carbocycles. The average Bonchev–Trinajstić information content (AvgIpc) is 3.52. The molecule has 35 heavy (non-hydrogen) atoms. The van der Waals surface area contributed by atoms with E-state index in [1.54, 1.807) is 10.9 Å². The van der Waals surface area contributed by atoms with Gasteiger partial charge < -0.3 is 14.4 Å². The Labute approximate surface area is 208 Å². The smallest absolute Gasteiger partial charge is 0.273 e. The molecule has 2 fully saturated rings. The monoisotopic (exact) mass is 485 g/mol. The molecule has 178 valence electrons. The van der Waals surface area contributed by atoms with E-state index in [0.717, 1.165) is 53.9 Å². The van der Waals surface area contributed by atoms with Crippen LogP contribution in [0.4, 0.5) is 0 Å². The fraction of sp³-hybridized carbons (Fsp3) is 0.296. The zero-order valence-electron chi connectivity index (χ0n) is 19.6. The van der Waals surface area contributed by atoms with Crippen molar-refractivity contribution < 1.29 is 9.59 Å². The number of benzene rings is 2. The normalized spacial score (nSPS) is 17.1. The number of hydrogen-bond acceptors (Lipinski definition) is 5. The number of thiazole rings is 1. The van der Waals surface area contributed by atoms with Gasteiger partial charge in [0, 0.05) is 73.5 Å². The molecule has 2 aromatic heterocycles. The Balaban J connectivity index is 1.08. The molecule has 0 bridgehead atoms. The van der Waals surface area contributed by atoms with E-state index in [0.29, 0.717) is 24.8 Å². The van der Waals surface area contributed by atoms with Crippen LogP contribution in [0.1, 0.15) is 26.4 Å². The SMILES string of the molecule is Cc1cn(-c2ccccc2)c2ccc(C(=O)N3CC(N4CCN(C(=O)c5cscn5)CC4)C3)cc12. The second-order valence-corrected chi connectivity index (χ2v) is 10.0. The maximum absolute atomic E-state index is 13.2. The maximum Gasteiger partial charge on any atom is 0.273 e. The van der Waals surface area contributed by atoms with E-state index in [1.807, 2.05) is 40.1 Å². The van der Waals surface area contributed by atoms with E-state index < -0.39 is 0 Å². The van der Waals surface area contributed by atoms with Gasteiger partial charge in [0.25, 0.3) is 11.8 Å². The maximum atomic E-state index is 13.2. The molecule has 0 radical (unpaired) electrons. The van der Waals surface area contributed by atoms with Gasteiger partial charge in [0.1, 0.15) is 5.69 Å². The van der Waals surface area contributed by atoms with Crippen molar-refractivity contribution >= 4 is 34.1 Å². The summed E-state index contributed by atoms with van der Waals surface area (Å²) in [5.41, 5.74) is 6.35. The first-order valence-electron chi connectivity index (χ1n) is 12.0. The first-order chi connectivity index (χ1) is 17.1. The van der Waals surface area contributed by atoms with Crippen LogP contribution in [0.25, 0.3) is 16.6 Å². The molecule has 0 unspecified atom stereocenters. The Morgan fingerprint density at radius 2 is 1.71 bits per heavy atom. The van der Waals surface area contributed by atoms with Crippen LogP contribution < -0.4 is 0 Å². The lowest BCUT2D eigenvalue weighted by atomic mass is 10.0. The zero-order chi connectivity index (χ0) is 23.9. The van der Waals surface area contributed by atoms with Crippen molar-refractivity contribution in [3.8, 4) is 5.69 Å². The molecule has 2 aliphatic heterocycles. The first kappa shape index (κ1) is 22.0. The van der Waals surface area contributed by atoms with Crippen molar-refractivity contribution in [2.75, 3.05) is 39.3 Å². The molecular weight excluding hydrogens is 458 g/mol. The van der Waals surface area contributed by atoms with E-state index in [4.69, 9.17) is 0 Å². The number of para-hydroxylation sites is 1. The van der Waals surface area contributed by atoms with Crippen LogP contribution in [0, 0.1) is 6.92 Å². The highest BCUT2D eigenvalue weighted by Gasteiger charge is 2.37. The van der Waals surface area contributed by atoms with Crippen LogP contribution in [0.2, 0.25) is 0 Å². The molecule has 0 N–H and O–H groups in total. The van der Waals surface area contributed by atoms with Gasteiger partial charge in [-0.15, -0.1) is 11.3 Å². The number of nitrogens with zero attached hydrogens (tertiary/aromatic N) is 5. The number of rotatable bonds is 4. The number of carbonyl (C=O) groups excluding carboxylic acids is 2. The number of hydrogen-bond donors (Lipinski definition) is 0. The lowest BCUT2D eigenvalue weighted by Gasteiger charge is -2.48. The summed E-state index contributed by atoms with van der Waals surface area (Å²) in [4.78, 5) is 36.1. The van der Waals surface area contributed by atoms with Crippen LogP contribution >= 0.6 is 11.3 Å². The standard InChI is InChI=1S/C27H27N5O2S/c1-19-14-32(21-5-3-2-4-6-21)25-8-7-20(13-23(19)25)26(33)31-15-22(16-31)29-9-11-30(12-10-29)27(34)24-17-35-18-28-24/h2-8,13-14,17-18,22H,9-12,15-16H2,1H3. The van der Waals surface area contributed by atoms with Gasteiger partial charge in [-0.2, -0.15) is 0 Å². The van der Waals surface area contributed by atoms with Gasteiger partial charge in [0.05, 0.1) is 11.0 Å². The minimum absolute atomic E-state index is 0.0168. The molecule has 7 nitrogen and oxygen atoms in total. The number of piperazine rings is 1. The third-order valence-electron chi connectivity index (χ3n) is 7.20. The number of amides is 2. The van der Waals surface area contributed by atoms with Gasteiger partial charge in [0.15, 0.2) is 0 Å². The minimum atomic E-state index is 0.0168. The number of fused-ring (bicyclic) bond motifs is 1. The van der Waals surface area contributed by atoms with Gasteiger partial charge in [-0.3, -0.25) is 14.5 Å². The fourth-order valence-corrected chi connectivity index (χ4v) is 5.66. The molecule has 4 aromatic rings. The summed E-state index contributed by atoms with van der Waals surface area (Å²) in [6, 6.07) is 16.7. The van der Waals surface area contributed by atoms with Crippen molar-refractivity contribution in [2.45, 2.75) is 13.0 Å². The van der Waals surface area contributed by atoms with Gasteiger partial charge in [-0.05, 0) is 42.8 Å². The van der Waals surface area contributed by atoms with Crippen LogP contribution in [0.15, 0.2) is 65.6 Å². The third-order valence-corrected chi connectivity index (χ3v) is 7.79. The summed E-state index contributed by atoms with van der Waals surface area (Å²) in [7, 11) is 0. The van der Waals surface area contributed by atoms with Crippen LogP contribution in [0.5, 0.6) is 0 Å². The molecule has 2 aliphatic rings. The Morgan fingerprint density at radius 3 is 2.43 bits per heavy atom. The Bertz CT molecular complexity index is 1370. The highest BCUT2D eigenvalue weighted by atomic mass is 32.1. The van der Waals surface area contributed by atoms with Crippen LogP contribution in [0.3, 0.4) is 0 Å². The predicted octanol–water partition coefficient (Wildman–Crippen LogP) is 3.68. The van der Waals surface area contributed by atoms with E-state index in [-0.39, 0.29) is 11.8 Å². The van der Waals surface area contributed by atoms with E-state index >= 15 is 0 Å². The predicted molar refractivity (Wildman–Crippen MR) is 137 cm³/mol. The summed E-state index contributed by atoms with van der Waals surface area (Å²) >= 11 is 1.44. The fourth-order valence-electron chi connectivity index (χ4n) is 5.13. The van der Waals surface area contributed by atoms with Crippen LogP contribution in [-0.4, -0.2) is 81.4 Å². The molecule has 0 spiro atoms. The van der Waals surface area contributed by atoms with Gasteiger partial charge >= 0.3 is 0 Å². The van der Waals surface area contributed by atoms with Crippen LogP contribution in [-0.2, 0) is 0 Å². The summed E-state index contributed by atoms with van der Waals surface area (Å²) in [5, 5.41) is 2.91. The second kappa shape index (κ2) is 8.94. The Morgan fingerprint density at radius 1 is 0.943 bits per heavy atom. The molecular formula is C27H27N5O2S. The van der Waals surface area contributed by atoms with Crippen molar-refractivity contribution in [1.82, 2.24) is 24.3 Å². The van der Waals surface area contributed by atoms with E-state index in [9.17, 15) is 9.59 Å². The molecule has 0 aliphatic carbocycles. The van der Waals surface area contributed by atoms with E-state index in [1.165, 1.54) is 11.3 Å². The highest BCUT2D eigenvalue weighted by Crippen LogP contribution is 2.27.